The lowest BCUT2D eigenvalue weighted by atomic mass is 10.1. The van der Waals surface area contributed by atoms with Gasteiger partial charge in [-0.05, 0) is 69.2 Å². The van der Waals surface area contributed by atoms with Gasteiger partial charge >= 0.3 is 5.97 Å². The third-order valence-electron chi connectivity index (χ3n) is 4.11. The van der Waals surface area contributed by atoms with Gasteiger partial charge in [0.1, 0.15) is 16.8 Å². The van der Waals surface area contributed by atoms with E-state index in [9.17, 15) is 14.0 Å². The molecule has 4 nitrogen and oxygen atoms in total. The first kappa shape index (κ1) is 19.4. The van der Waals surface area contributed by atoms with Crippen molar-refractivity contribution in [1.82, 2.24) is 0 Å². The van der Waals surface area contributed by atoms with E-state index in [1.165, 1.54) is 23.9 Å². The Morgan fingerprint density at radius 2 is 1.85 bits per heavy atom. The van der Waals surface area contributed by atoms with Crippen LogP contribution < -0.4 is 4.90 Å². The van der Waals surface area contributed by atoms with Crippen molar-refractivity contribution < 1.29 is 18.7 Å². The summed E-state index contributed by atoms with van der Waals surface area (Å²) in [6.07, 6.45) is 0. The average molecular weight is 387 g/mol. The molecule has 6 heteroatoms. The van der Waals surface area contributed by atoms with E-state index >= 15 is 0 Å². The average Bonchev–Trinajstić information content (AvgIpc) is 2.95. The van der Waals surface area contributed by atoms with Crippen LogP contribution in [0.2, 0.25) is 0 Å². The molecule has 2 aromatic carbocycles. The highest BCUT2D eigenvalue weighted by Crippen LogP contribution is 2.42. The van der Waals surface area contributed by atoms with Crippen molar-refractivity contribution in [3.63, 3.8) is 0 Å². The topological polar surface area (TPSA) is 46.6 Å². The van der Waals surface area contributed by atoms with E-state index in [1.807, 2.05) is 27.7 Å². The Morgan fingerprint density at radius 1 is 1.19 bits per heavy atom. The molecule has 1 aliphatic heterocycles. The van der Waals surface area contributed by atoms with Gasteiger partial charge in [0, 0.05) is 5.69 Å². The van der Waals surface area contributed by atoms with E-state index in [0.29, 0.717) is 11.3 Å². The molecule has 2 aromatic rings. The maximum Gasteiger partial charge on any atom is 0.338 e. The third kappa shape index (κ3) is 4.33. The highest BCUT2D eigenvalue weighted by atomic mass is 32.2. The van der Waals surface area contributed by atoms with Crippen molar-refractivity contribution in [1.29, 1.82) is 0 Å². The normalized spacial score (nSPS) is 17.3. The third-order valence-corrected chi connectivity index (χ3v) is 5.33. The summed E-state index contributed by atoms with van der Waals surface area (Å²) in [6.45, 7) is 7.32. The van der Waals surface area contributed by atoms with Crippen LogP contribution in [0.5, 0.6) is 0 Å². The Balaban J connectivity index is 1.91. The number of carbonyl (C=O) groups excluding carboxylic acids is 2. The number of rotatable bonds is 3. The summed E-state index contributed by atoms with van der Waals surface area (Å²) in [5.74, 6) is -0.357. The van der Waals surface area contributed by atoms with Crippen LogP contribution in [-0.4, -0.2) is 23.2 Å². The van der Waals surface area contributed by atoms with Gasteiger partial charge in [-0.2, -0.15) is 0 Å². The lowest BCUT2D eigenvalue weighted by Gasteiger charge is -2.26. The van der Waals surface area contributed by atoms with Crippen LogP contribution in [-0.2, 0) is 9.53 Å². The van der Waals surface area contributed by atoms with Gasteiger partial charge in [-0.3, -0.25) is 9.69 Å². The van der Waals surface area contributed by atoms with Crippen LogP contribution in [0.4, 0.5) is 10.1 Å². The number of nitrogens with zero attached hydrogens (tertiary/aromatic N) is 1. The first-order valence-corrected chi connectivity index (χ1v) is 9.74. The second-order valence-corrected chi connectivity index (χ2v) is 8.55. The number of esters is 1. The quantitative estimate of drug-likeness (QED) is 0.705. The smallest absolute Gasteiger partial charge is 0.338 e. The van der Waals surface area contributed by atoms with Crippen molar-refractivity contribution in [2.75, 3.05) is 10.7 Å². The minimum atomic E-state index is -0.571. The minimum absolute atomic E-state index is 0.0116. The maximum atomic E-state index is 13.2. The Labute approximate surface area is 162 Å². The highest BCUT2D eigenvalue weighted by molar-refractivity contribution is 8.00. The van der Waals surface area contributed by atoms with Crippen molar-refractivity contribution in [2.24, 2.45) is 0 Å². The standard InChI is InChI=1S/C21H22FNO3S/c1-13-11-15(20(25)26-21(2,3)4)7-10-17(13)23-18(24)12-27-19(23)14-5-8-16(22)9-6-14/h5-11,19H,12H2,1-4H3/t19-/m1/s1. The number of hydrogen-bond donors (Lipinski definition) is 0. The van der Waals surface area contributed by atoms with E-state index in [4.69, 9.17) is 4.74 Å². The van der Waals surface area contributed by atoms with Crippen LogP contribution in [0.1, 0.15) is 47.6 Å². The number of benzene rings is 2. The molecule has 1 fully saturated rings. The van der Waals surface area contributed by atoms with Gasteiger partial charge in [-0.15, -0.1) is 11.8 Å². The minimum Gasteiger partial charge on any atom is -0.456 e. The second-order valence-electron chi connectivity index (χ2n) is 7.48. The van der Waals surface area contributed by atoms with Gasteiger partial charge in [0.2, 0.25) is 5.91 Å². The zero-order valence-electron chi connectivity index (χ0n) is 15.8. The number of anilines is 1. The van der Waals surface area contributed by atoms with Gasteiger partial charge < -0.3 is 4.74 Å². The molecule has 0 aliphatic carbocycles. The Hall–Kier alpha value is -2.34. The lowest BCUT2D eigenvalue weighted by Crippen LogP contribution is -2.29. The SMILES string of the molecule is Cc1cc(C(=O)OC(C)(C)C)ccc1N1C(=O)CS[C@@H]1c1ccc(F)cc1. The lowest BCUT2D eigenvalue weighted by molar-refractivity contribution is -0.115. The van der Waals surface area contributed by atoms with Gasteiger partial charge in [0.05, 0.1) is 11.3 Å². The molecule has 1 atom stereocenters. The van der Waals surface area contributed by atoms with Crippen molar-refractivity contribution >= 4 is 29.3 Å². The predicted octanol–water partition coefficient (Wildman–Crippen LogP) is 4.87. The summed E-state index contributed by atoms with van der Waals surface area (Å²) >= 11 is 1.50. The molecule has 1 saturated heterocycles. The molecule has 1 aliphatic rings. The number of carbonyl (C=O) groups is 2. The first-order valence-electron chi connectivity index (χ1n) is 8.69. The number of ether oxygens (including phenoxy) is 1. The molecule has 3 rings (SSSR count). The molecule has 0 aromatic heterocycles. The zero-order chi connectivity index (χ0) is 19.8. The fraction of sp³-hybridized carbons (Fsp3) is 0.333. The number of halogens is 1. The monoisotopic (exact) mass is 387 g/mol. The summed E-state index contributed by atoms with van der Waals surface area (Å²) in [6, 6.07) is 11.4. The molecule has 0 unspecified atom stereocenters. The van der Waals surface area contributed by atoms with E-state index in [-0.39, 0.29) is 17.1 Å². The summed E-state index contributed by atoms with van der Waals surface area (Å²) in [5, 5.41) is -0.218. The number of thioether (sulfide) groups is 1. The Morgan fingerprint density at radius 3 is 2.44 bits per heavy atom. The molecular weight excluding hydrogens is 365 g/mol. The van der Waals surface area contributed by atoms with Crippen molar-refractivity contribution in [3.8, 4) is 0 Å². The zero-order valence-corrected chi connectivity index (χ0v) is 16.6. The molecule has 1 heterocycles. The van der Waals surface area contributed by atoms with E-state index in [1.54, 1.807) is 35.2 Å². The van der Waals surface area contributed by atoms with Crippen LogP contribution >= 0.6 is 11.8 Å². The summed E-state index contributed by atoms with van der Waals surface area (Å²) in [5.41, 5.74) is 2.29. The number of amides is 1. The molecular formula is C21H22FNO3S. The maximum absolute atomic E-state index is 13.2. The summed E-state index contributed by atoms with van der Waals surface area (Å²) in [7, 11) is 0. The van der Waals surface area contributed by atoms with E-state index in [0.717, 1.165) is 16.8 Å². The first-order chi connectivity index (χ1) is 12.7. The molecule has 0 saturated carbocycles. The van der Waals surface area contributed by atoms with Gasteiger partial charge in [-0.25, -0.2) is 9.18 Å². The largest absolute Gasteiger partial charge is 0.456 e. The van der Waals surface area contributed by atoms with Crippen molar-refractivity contribution in [2.45, 2.75) is 38.7 Å². The van der Waals surface area contributed by atoms with E-state index < -0.39 is 11.6 Å². The molecule has 0 N–H and O–H groups in total. The van der Waals surface area contributed by atoms with Gasteiger partial charge in [0.15, 0.2) is 0 Å². The van der Waals surface area contributed by atoms with Gasteiger partial charge in [-0.1, -0.05) is 12.1 Å². The van der Waals surface area contributed by atoms with Crippen LogP contribution in [0.25, 0.3) is 0 Å². The number of hydrogen-bond acceptors (Lipinski definition) is 4. The molecule has 27 heavy (non-hydrogen) atoms. The van der Waals surface area contributed by atoms with E-state index in [2.05, 4.69) is 0 Å². The fourth-order valence-corrected chi connectivity index (χ4v) is 4.12. The molecule has 142 valence electrons. The van der Waals surface area contributed by atoms with Crippen LogP contribution in [0.3, 0.4) is 0 Å². The molecule has 0 spiro atoms. The van der Waals surface area contributed by atoms with Crippen LogP contribution in [0, 0.1) is 12.7 Å². The summed E-state index contributed by atoms with van der Waals surface area (Å²) in [4.78, 5) is 26.5. The molecule has 1 amide bonds. The summed E-state index contributed by atoms with van der Waals surface area (Å²) < 4.78 is 18.6. The Kier molecular flexibility index (Phi) is 5.29. The highest BCUT2D eigenvalue weighted by Gasteiger charge is 2.35. The number of aryl methyl sites for hydroxylation is 1. The van der Waals surface area contributed by atoms with Crippen molar-refractivity contribution in [3.05, 3.63) is 65.0 Å². The fourth-order valence-electron chi connectivity index (χ4n) is 2.95. The van der Waals surface area contributed by atoms with Crippen LogP contribution in [0.15, 0.2) is 42.5 Å². The van der Waals surface area contributed by atoms with Gasteiger partial charge in [0.25, 0.3) is 0 Å². The predicted molar refractivity (Wildman–Crippen MR) is 105 cm³/mol. The Bertz CT molecular complexity index is 874. The second kappa shape index (κ2) is 7.35. The molecule has 0 radical (unpaired) electrons. The molecule has 0 bridgehead atoms.